The Labute approximate surface area is 122 Å². The molecular formula is C18H27NO. The number of hydrogen-bond acceptors (Lipinski definition) is 2. The maximum Gasteiger partial charge on any atom is 0.122 e. The highest BCUT2D eigenvalue weighted by atomic mass is 16.5. The second-order valence-corrected chi connectivity index (χ2v) is 6.48. The number of rotatable bonds is 6. The van der Waals surface area contributed by atoms with Crippen LogP contribution in [-0.4, -0.2) is 19.7 Å². The molecule has 2 saturated carbocycles. The monoisotopic (exact) mass is 273 g/mol. The van der Waals surface area contributed by atoms with Crippen LogP contribution >= 0.6 is 0 Å². The van der Waals surface area contributed by atoms with Crippen LogP contribution < -0.4 is 10.1 Å². The number of methoxy groups -OCH3 is 1. The first-order chi connectivity index (χ1) is 9.86. The average Bonchev–Trinajstić information content (AvgIpc) is 3.33. The van der Waals surface area contributed by atoms with Gasteiger partial charge in [0.15, 0.2) is 0 Å². The second-order valence-electron chi connectivity index (χ2n) is 6.48. The van der Waals surface area contributed by atoms with E-state index < -0.39 is 0 Å². The van der Waals surface area contributed by atoms with Gasteiger partial charge < -0.3 is 10.1 Å². The molecule has 2 fully saturated rings. The van der Waals surface area contributed by atoms with E-state index in [9.17, 15) is 0 Å². The minimum atomic E-state index is 0.754. The van der Waals surface area contributed by atoms with E-state index in [-0.39, 0.29) is 0 Å². The number of ether oxygens (including phenoxy) is 1. The first-order valence-electron chi connectivity index (χ1n) is 8.22. The summed E-state index contributed by atoms with van der Waals surface area (Å²) in [4.78, 5) is 0. The van der Waals surface area contributed by atoms with Crippen molar-refractivity contribution < 1.29 is 4.74 Å². The Morgan fingerprint density at radius 2 is 1.95 bits per heavy atom. The van der Waals surface area contributed by atoms with Crippen molar-refractivity contribution in [1.29, 1.82) is 0 Å². The molecule has 2 aliphatic rings. The lowest BCUT2D eigenvalue weighted by molar-refractivity contribution is 0.262. The number of nitrogens with one attached hydrogen (secondary N) is 1. The van der Waals surface area contributed by atoms with Crippen LogP contribution in [0.25, 0.3) is 0 Å². The highest BCUT2D eigenvalue weighted by molar-refractivity contribution is 5.33. The third-order valence-electron chi connectivity index (χ3n) is 5.02. The molecule has 0 bridgehead atoms. The first kappa shape index (κ1) is 13.9. The summed E-state index contributed by atoms with van der Waals surface area (Å²) in [6.45, 7) is 1.07. The maximum atomic E-state index is 5.42. The van der Waals surface area contributed by atoms with Crippen LogP contribution in [-0.2, 0) is 6.42 Å². The Hall–Kier alpha value is -1.02. The van der Waals surface area contributed by atoms with Gasteiger partial charge in [-0.1, -0.05) is 31.0 Å². The molecule has 2 heteroatoms. The van der Waals surface area contributed by atoms with Crippen LogP contribution in [0.15, 0.2) is 24.3 Å². The van der Waals surface area contributed by atoms with Crippen molar-refractivity contribution in [1.82, 2.24) is 5.32 Å². The van der Waals surface area contributed by atoms with Gasteiger partial charge in [0.05, 0.1) is 7.11 Å². The van der Waals surface area contributed by atoms with Gasteiger partial charge in [0.1, 0.15) is 5.75 Å². The second kappa shape index (κ2) is 6.62. The highest BCUT2D eigenvalue weighted by Crippen LogP contribution is 2.43. The van der Waals surface area contributed by atoms with E-state index in [0.717, 1.165) is 36.6 Å². The van der Waals surface area contributed by atoms with Crippen molar-refractivity contribution in [2.24, 2.45) is 11.8 Å². The fourth-order valence-corrected chi connectivity index (χ4v) is 3.73. The fourth-order valence-electron chi connectivity index (χ4n) is 3.73. The van der Waals surface area contributed by atoms with E-state index in [0.29, 0.717) is 0 Å². The molecule has 2 atom stereocenters. The zero-order valence-electron chi connectivity index (χ0n) is 12.6. The minimum absolute atomic E-state index is 0.754. The molecule has 1 aromatic carbocycles. The summed E-state index contributed by atoms with van der Waals surface area (Å²) in [5, 5.41) is 3.78. The standard InChI is InChI=1S/C18H27NO/c1-20-18-8-3-2-5-15(18)11-12-19-17-7-4-6-16(13-17)14-9-10-14/h2-3,5,8,14,16-17,19H,4,6-7,9-13H2,1H3. The Balaban J connectivity index is 1.44. The Bertz CT molecular complexity index is 427. The van der Waals surface area contributed by atoms with Crippen LogP contribution in [0.1, 0.15) is 44.1 Å². The molecule has 0 amide bonds. The van der Waals surface area contributed by atoms with E-state index in [4.69, 9.17) is 4.74 Å². The molecular weight excluding hydrogens is 246 g/mol. The molecule has 0 radical (unpaired) electrons. The average molecular weight is 273 g/mol. The summed E-state index contributed by atoms with van der Waals surface area (Å²) in [5.41, 5.74) is 1.32. The Kier molecular flexibility index (Phi) is 4.62. The largest absolute Gasteiger partial charge is 0.496 e. The predicted molar refractivity (Wildman–Crippen MR) is 83.2 cm³/mol. The summed E-state index contributed by atoms with van der Waals surface area (Å²) < 4.78 is 5.42. The minimum Gasteiger partial charge on any atom is -0.496 e. The number of benzene rings is 1. The van der Waals surface area contributed by atoms with Crippen molar-refractivity contribution in [2.75, 3.05) is 13.7 Å². The molecule has 0 spiro atoms. The smallest absolute Gasteiger partial charge is 0.122 e. The quantitative estimate of drug-likeness (QED) is 0.851. The van der Waals surface area contributed by atoms with Gasteiger partial charge in [-0.3, -0.25) is 0 Å². The molecule has 0 heterocycles. The topological polar surface area (TPSA) is 21.3 Å². The van der Waals surface area contributed by atoms with Crippen molar-refractivity contribution >= 4 is 0 Å². The third-order valence-corrected chi connectivity index (χ3v) is 5.02. The van der Waals surface area contributed by atoms with Gasteiger partial charge in [-0.15, -0.1) is 0 Å². The van der Waals surface area contributed by atoms with Gasteiger partial charge in [-0.2, -0.15) is 0 Å². The summed E-state index contributed by atoms with van der Waals surface area (Å²) >= 11 is 0. The molecule has 0 aliphatic heterocycles. The van der Waals surface area contributed by atoms with E-state index >= 15 is 0 Å². The van der Waals surface area contributed by atoms with E-state index in [1.807, 2.05) is 6.07 Å². The molecule has 3 rings (SSSR count). The molecule has 2 unspecified atom stereocenters. The molecule has 2 aliphatic carbocycles. The van der Waals surface area contributed by atoms with Gasteiger partial charge in [0.25, 0.3) is 0 Å². The molecule has 1 N–H and O–H groups in total. The van der Waals surface area contributed by atoms with Crippen LogP contribution in [0.3, 0.4) is 0 Å². The lowest BCUT2D eigenvalue weighted by Crippen LogP contribution is -2.35. The van der Waals surface area contributed by atoms with Gasteiger partial charge in [0, 0.05) is 6.04 Å². The van der Waals surface area contributed by atoms with Gasteiger partial charge in [-0.25, -0.2) is 0 Å². The van der Waals surface area contributed by atoms with Crippen molar-refractivity contribution in [3.63, 3.8) is 0 Å². The maximum absolute atomic E-state index is 5.42. The zero-order chi connectivity index (χ0) is 13.8. The SMILES string of the molecule is COc1ccccc1CCNC1CCCC(C2CC2)C1. The lowest BCUT2D eigenvalue weighted by atomic mass is 9.82. The molecule has 0 aromatic heterocycles. The number of para-hydroxylation sites is 1. The van der Waals surface area contributed by atoms with Crippen LogP contribution in [0, 0.1) is 11.8 Å². The summed E-state index contributed by atoms with van der Waals surface area (Å²) in [5.74, 6) is 3.12. The molecule has 2 nitrogen and oxygen atoms in total. The predicted octanol–water partition coefficient (Wildman–Crippen LogP) is 3.80. The molecule has 0 saturated heterocycles. The zero-order valence-corrected chi connectivity index (χ0v) is 12.6. The lowest BCUT2D eigenvalue weighted by Gasteiger charge is -2.30. The first-order valence-corrected chi connectivity index (χ1v) is 8.22. The Morgan fingerprint density at radius 3 is 2.75 bits per heavy atom. The van der Waals surface area contributed by atoms with E-state index in [1.54, 1.807) is 7.11 Å². The highest BCUT2D eigenvalue weighted by Gasteiger charge is 2.34. The van der Waals surface area contributed by atoms with Gasteiger partial charge in [0.2, 0.25) is 0 Å². The Morgan fingerprint density at radius 1 is 1.10 bits per heavy atom. The van der Waals surface area contributed by atoms with E-state index in [1.165, 1.54) is 44.1 Å². The number of hydrogen-bond donors (Lipinski definition) is 1. The van der Waals surface area contributed by atoms with Crippen LogP contribution in [0.5, 0.6) is 5.75 Å². The molecule has 1 aromatic rings. The molecule has 20 heavy (non-hydrogen) atoms. The molecule has 110 valence electrons. The van der Waals surface area contributed by atoms with Crippen molar-refractivity contribution in [2.45, 2.75) is 51.0 Å². The van der Waals surface area contributed by atoms with Crippen molar-refractivity contribution in [3.05, 3.63) is 29.8 Å². The fraction of sp³-hybridized carbons (Fsp3) is 0.667. The summed E-state index contributed by atoms with van der Waals surface area (Å²) in [6, 6.07) is 9.12. The summed E-state index contributed by atoms with van der Waals surface area (Å²) in [7, 11) is 1.76. The van der Waals surface area contributed by atoms with Gasteiger partial charge >= 0.3 is 0 Å². The normalized spacial score (nSPS) is 26.4. The van der Waals surface area contributed by atoms with Crippen LogP contribution in [0.4, 0.5) is 0 Å². The van der Waals surface area contributed by atoms with Gasteiger partial charge in [-0.05, 0) is 62.1 Å². The van der Waals surface area contributed by atoms with Crippen LogP contribution in [0.2, 0.25) is 0 Å². The van der Waals surface area contributed by atoms with Crippen molar-refractivity contribution in [3.8, 4) is 5.75 Å². The third kappa shape index (κ3) is 3.54. The van der Waals surface area contributed by atoms with E-state index in [2.05, 4.69) is 23.5 Å². The summed E-state index contributed by atoms with van der Waals surface area (Å²) in [6.07, 6.45) is 9.75.